The van der Waals surface area contributed by atoms with Gasteiger partial charge in [0.15, 0.2) is 0 Å². The second kappa shape index (κ2) is 5.27. The van der Waals surface area contributed by atoms with E-state index < -0.39 is 0 Å². The van der Waals surface area contributed by atoms with Crippen LogP contribution in [0.15, 0.2) is 0 Å². The average molecular weight is 179 g/mol. The van der Waals surface area contributed by atoms with E-state index in [1.165, 1.54) is 38.5 Å². The highest BCUT2D eigenvalue weighted by molar-refractivity contribution is 5.04. The second-order valence-corrected chi connectivity index (χ2v) is 4.41. The largest absolute Gasteiger partial charge is 0.198 e. The standard InChI is InChI=1S/C12H21N/c1-2-3-4-5-6-8-12(11-13)9-7-10-12/h2-10H2,1H3. The van der Waals surface area contributed by atoms with Gasteiger partial charge in [0, 0.05) is 0 Å². The molecule has 0 unspecified atom stereocenters. The number of hydrogen-bond acceptors (Lipinski definition) is 1. The van der Waals surface area contributed by atoms with E-state index in [-0.39, 0.29) is 5.41 Å². The summed E-state index contributed by atoms with van der Waals surface area (Å²) >= 11 is 0. The summed E-state index contributed by atoms with van der Waals surface area (Å²) in [7, 11) is 0. The molecule has 0 heterocycles. The average Bonchev–Trinajstić information content (AvgIpc) is 2.09. The van der Waals surface area contributed by atoms with Gasteiger partial charge in [-0.3, -0.25) is 0 Å². The van der Waals surface area contributed by atoms with E-state index >= 15 is 0 Å². The van der Waals surface area contributed by atoms with Crippen molar-refractivity contribution in [2.45, 2.75) is 64.7 Å². The molecule has 1 heteroatoms. The summed E-state index contributed by atoms with van der Waals surface area (Å²) in [5, 5.41) is 8.99. The molecule has 1 saturated carbocycles. The van der Waals surface area contributed by atoms with Gasteiger partial charge in [0.1, 0.15) is 0 Å². The van der Waals surface area contributed by atoms with Crippen LogP contribution in [0.5, 0.6) is 0 Å². The fraction of sp³-hybridized carbons (Fsp3) is 0.917. The number of hydrogen-bond donors (Lipinski definition) is 0. The lowest BCUT2D eigenvalue weighted by molar-refractivity contribution is 0.191. The Morgan fingerprint density at radius 1 is 1.15 bits per heavy atom. The van der Waals surface area contributed by atoms with Gasteiger partial charge in [-0.1, -0.05) is 45.4 Å². The zero-order valence-electron chi connectivity index (χ0n) is 8.81. The Morgan fingerprint density at radius 2 is 1.85 bits per heavy atom. The molecular weight excluding hydrogens is 158 g/mol. The van der Waals surface area contributed by atoms with Gasteiger partial charge in [-0.15, -0.1) is 0 Å². The molecule has 0 aliphatic heterocycles. The third-order valence-electron chi connectivity index (χ3n) is 3.31. The van der Waals surface area contributed by atoms with Gasteiger partial charge in [-0.2, -0.15) is 5.26 Å². The van der Waals surface area contributed by atoms with E-state index in [0.29, 0.717) is 0 Å². The first kappa shape index (κ1) is 10.6. The lowest BCUT2D eigenvalue weighted by Gasteiger charge is -2.35. The zero-order chi connectivity index (χ0) is 9.57. The zero-order valence-corrected chi connectivity index (χ0v) is 8.81. The summed E-state index contributed by atoms with van der Waals surface area (Å²) in [4.78, 5) is 0. The third kappa shape index (κ3) is 3.03. The SMILES string of the molecule is CCCCCCCC1(C#N)CCC1. The van der Waals surface area contributed by atoms with Crippen LogP contribution >= 0.6 is 0 Å². The molecule has 1 aliphatic rings. The van der Waals surface area contributed by atoms with Crippen molar-refractivity contribution in [3.8, 4) is 6.07 Å². The Bertz CT molecular complexity index is 174. The molecular formula is C12H21N. The van der Waals surface area contributed by atoms with Crippen molar-refractivity contribution in [2.24, 2.45) is 5.41 Å². The van der Waals surface area contributed by atoms with E-state index in [4.69, 9.17) is 5.26 Å². The smallest absolute Gasteiger partial charge is 0.0689 e. The lowest BCUT2D eigenvalue weighted by Crippen LogP contribution is -2.27. The van der Waals surface area contributed by atoms with Crippen LogP contribution in [-0.2, 0) is 0 Å². The van der Waals surface area contributed by atoms with Crippen molar-refractivity contribution in [3.05, 3.63) is 0 Å². The molecule has 0 aromatic carbocycles. The Hall–Kier alpha value is -0.510. The van der Waals surface area contributed by atoms with Crippen LogP contribution in [0.2, 0.25) is 0 Å². The summed E-state index contributed by atoms with van der Waals surface area (Å²) in [5.41, 5.74) is 0.117. The molecule has 74 valence electrons. The number of unbranched alkanes of at least 4 members (excludes halogenated alkanes) is 4. The summed E-state index contributed by atoms with van der Waals surface area (Å²) in [6.07, 6.45) is 11.4. The molecule has 0 bridgehead atoms. The molecule has 0 saturated heterocycles. The first-order valence-corrected chi connectivity index (χ1v) is 5.74. The van der Waals surface area contributed by atoms with Crippen molar-refractivity contribution in [1.29, 1.82) is 5.26 Å². The van der Waals surface area contributed by atoms with Crippen LogP contribution < -0.4 is 0 Å². The molecule has 1 aliphatic carbocycles. The molecule has 0 atom stereocenters. The van der Waals surface area contributed by atoms with E-state index in [1.807, 2.05) is 0 Å². The molecule has 1 rings (SSSR count). The normalized spacial score (nSPS) is 19.1. The Kier molecular flexibility index (Phi) is 4.28. The van der Waals surface area contributed by atoms with Gasteiger partial charge in [-0.05, 0) is 19.3 Å². The van der Waals surface area contributed by atoms with E-state index in [2.05, 4.69) is 13.0 Å². The van der Waals surface area contributed by atoms with E-state index in [1.54, 1.807) is 0 Å². The molecule has 1 nitrogen and oxygen atoms in total. The third-order valence-corrected chi connectivity index (χ3v) is 3.31. The number of rotatable bonds is 6. The van der Waals surface area contributed by atoms with E-state index in [0.717, 1.165) is 19.3 Å². The fourth-order valence-electron chi connectivity index (χ4n) is 2.09. The predicted molar refractivity (Wildman–Crippen MR) is 55.3 cm³/mol. The molecule has 1 fully saturated rings. The number of nitriles is 1. The minimum absolute atomic E-state index is 0.117. The van der Waals surface area contributed by atoms with Crippen molar-refractivity contribution in [1.82, 2.24) is 0 Å². The quantitative estimate of drug-likeness (QED) is 0.564. The summed E-state index contributed by atoms with van der Waals surface area (Å²) < 4.78 is 0. The highest BCUT2D eigenvalue weighted by Gasteiger charge is 2.36. The van der Waals surface area contributed by atoms with Gasteiger partial charge in [-0.25, -0.2) is 0 Å². The maximum absolute atomic E-state index is 8.99. The van der Waals surface area contributed by atoms with Crippen molar-refractivity contribution in [3.63, 3.8) is 0 Å². The Morgan fingerprint density at radius 3 is 2.31 bits per heavy atom. The van der Waals surface area contributed by atoms with Crippen LogP contribution in [0.1, 0.15) is 64.7 Å². The Balaban J connectivity index is 2.02. The Labute approximate surface area is 82.1 Å². The first-order valence-electron chi connectivity index (χ1n) is 5.74. The van der Waals surface area contributed by atoms with Gasteiger partial charge in [0.25, 0.3) is 0 Å². The summed E-state index contributed by atoms with van der Waals surface area (Å²) in [5.74, 6) is 0. The highest BCUT2D eigenvalue weighted by Crippen LogP contribution is 2.44. The summed E-state index contributed by atoms with van der Waals surface area (Å²) in [6, 6.07) is 2.51. The second-order valence-electron chi connectivity index (χ2n) is 4.41. The molecule has 0 amide bonds. The van der Waals surface area contributed by atoms with Crippen molar-refractivity contribution < 1.29 is 0 Å². The van der Waals surface area contributed by atoms with E-state index in [9.17, 15) is 0 Å². The highest BCUT2D eigenvalue weighted by atomic mass is 14.4. The van der Waals surface area contributed by atoms with Crippen LogP contribution in [0.4, 0.5) is 0 Å². The van der Waals surface area contributed by atoms with Gasteiger partial charge < -0.3 is 0 Å². The molecule has 0 aromatic heterocycles. The molecule has 0 aromatic rings. The van der Waals surface area contributed by atoms with Crippen LogP contribution in [-0.4, -0.2) is 0 Å². The predicted octanol–water partition coefficient (Wildman–Crippen LogP) is 4.04. The summed E-state index contributed by atoms with van der Waals surface area (Å²) in [6.45, 7) is 2.24. The topological polar surface area (TPSA) is 23.8 Å². The van der Waals surface area contributed by atoms with Gasteiger partial charge in [0.2, 0.25) is 0 Å². The molecule has 0 spiro atoms. The van der Waals surface area contributed by atoms with Crippen molar-refractivity contribution in [2.75, 3.05) is 0 Å². The monoisotopic (exact) mass is 179 g/mol. The minimum atomic E-state index is 0.117. The first-order chi connectivity index (χ1) is 6.33. The van der Waals surface area contributed by atoms with Crippen LogP contribution in [0.25, 0.3) is 0 Å². The molecule has 0 N–H and O–H groups in total. The van der Waals surface area contributed by atoms with Crippen LogP contribution in [0.3, 0.4) is 0 Å². The lowest BCUT2D eigenvalue weighted by atomic mass is 9.67. The minimum Gasteiger partial charge on any atom is -0.198 e. The maximum Gasteiger partial charge on any atom is 0.0689 e. The van der Waals surface area contributed by atoms with Crippen LogP contribution in [0, 0.1) is 16.7 Å². The van der Waals surface area contributed by atoms with Gasteiger partial charge in [0.05, 0.1) is 11.5 Å². The van der Waals surface area contributed by atoms with Gasteiger partial charge >= 0.3 is 0 Å². The van der Waals surface area contributed by atoms with Crippen molar-refractivity contribution >= 4 is 0 Å². The molecule has 0 radical (unpaired) electrons. The fourth-order valence-corrected chi connectivity index (χ4v) is 2.09. The maximum atomic E-state index is 8.99. The number of nitrogens with zero attached hydrogens (tertiary/aromatic N) is 1. The molecule has 13 heavy (non-hydrogen) atoms.